The number of rotatable bonds is 6. The van der Waals surface area contributed by atoms with Gasteiger partial charge in [0, 0.05) is 52.0 Å². The molecular formula is C29H32F3N7O2+. The lowest BCUT2D eigenvalue weighted by molar-refractivity contribution is -0.480. The van der Waals surface area contributed by atoms with Crippen LogP contribution in [-0.2, 0) is 17.5 Å². The number of hydrogen-bond acceptors (Lipinski definition) is 5. The van der Waals surface area contributed by atoms with Gasteiger partial charge >= 0.3 is 24.4 Å². The van der Waals surface area contributed by atoms with Crippen molar-refractivity contribution in [2.75, 3.05) is 33.2 Å². The second-order valence-electron chi connectivity index (χ2n) is 11.1. The van der Waals surface area contributed by atoms with E-state index in [1.165, 1.54) is 23.9 Å². The lowest BCUT2D eigenvalue weighted by Gasteiger charge is -2.34. The lowest BCUT2D eigenvalue weighted by atomic mass is 9.71. The number of halogens is 3. The molecule has 41 heavy (non-hydrogen) atoms. The minimum Gasteiger partial charge on any atom is -0.340 e. The van der Waals surface area contributed by atoms with Gasteiger partial charge in [-0.2, -0.15) is 13.2 Å². The summed E-state index contributed by atoms with van der Waals surface area (Å²) in [5.41, 5.74) is 0.231. The van der Waals surface area contributed by atoms with E-state index in [1.54, 1.807) is 17.3 Å². The van der Waals surface area contributed by atoms with Crippen molar-refractivity contribution >= 4 is 17.8 Å². The number of hydrogen-bond donors (Lipinski definition) is 0. The number of nitrogens with zero attached hydrogens (tertiary/aromatic N) is 7. The number of fused-ring (bicyclic) bond motifs is 1. The van der Waals surface area contributed by atoms with Crippen molar-refractivity contribution in [2.45, 2.75) is 44.8 Å². The summed E-state index contributed by atoms with van der Waals surface area (Å²) in [6.07, 6.45) is 3.87. The fourth-order valence-corrected chi connectivity index (χ4v) is 6.07. The molecule has 1 aromatic carbocycles. The Morgan fingerprint density at radius 3 is 2.49 bits per heavy atom. The van der Waals surface area contributed by atoms with Crippen molar-refractivity contribution in [3.8, 4) is 5.69 Å². The fraction of sp³-hybridized carbons (Fsp3) is 0.448. The van der Waals surface area contributed by atoms with E-state index in [0.29, 0.717) is 43.3 Å². The molecule has 2 aromatic heterocycles. The number of aromatic nitrogens is 2. The van der Waals surface area contributed by atoms with Crippen LogP contribution in [0.2, 0.25) is 0 Å². The molecule has 12 heteroatoms. The summed E-state index contributed by atoms with van der Waals surface area (Å²) in [5.74, 6) is 0.345. The molecule has 6 rings (SSSR count). The summed E-state index contributed by atoms with van der Waals surface area (Å²) in [4.78, 5) is 29.0. The van der Waals surface area contributed by atoms with Crippen LogP contribution in [0.15, 0.2) is 57.7 Å². The largest absolute Gasteiger partial charge is 0.418 e. The molecule has 4 heterocycles. The first-order valence-electron chi connectivity index (χ1n) is 13.9. The number of imidazole rings is 1. The van der Waals surface area contributed by atoms with Gasteiger partial charge in [0.2, 0.25) is 5.91 Å². The zero-order valence-corrected chi connectivity index (χ0v) is 23.0. The maximum Gasteiger partial charge on any atom is 0.418 e. The highest BCUT2D eigenvalue weighted by molar-refractivity contribution is 5.73. The van der Waals surface area contributed by atoms with E-state index in [2.05, 4.69) is 10.2 Å². The maximum atomic E-state index is 14.3. The Morgan fingerprint density at radius 1 is 1.12 bits per heavy atom. The van der Waals surface area contributed by atoms with Crippen LogP contribution in [0.25, 0.3) is 11.2 Å². The number of piperazine rings is 1. The molecule has 9 nitrogen and oxygen atoms in total. The molecule has 1 aliphatic carbocycles. The SMILES string of the molecule is CC(=O)N1CCN(Cc2cc(C(F)(F)F)c3cn(-c4cccc([C@H]([C]5N=NC=[N+]5C)C5CCC5)c4)c(=O)n3c2)CC1. The Balaban J connectivity index is 1.36. The minimum absolute atomic E-state index is 0.0158. The minimum atomic E-state index is -4.64. The Labute approximate surface area is 235 Å². The zero-order chi connectivity index (χ0) is 28.9. The Hall–Kier alpha value is -3.80. The fourth-order valence-electron chi connectivity index (χ4n) is 6.07. The summed E-state index contributed by atoms with van der Waals surface area (Å²) < 4.78 is 47.1. The molecule has 215 valence electrons. The van der Waals surface area contributed by atoms with Crippen molar-refractivity contribution in [1.29, 1.82) is 0 Å². The lowest BCUT2D eigenvalue weighted by Crippen LogP contribution is -2.47. The number of amides is 1. The number of azo groups is 1. The van der Waals surface area contributed by atoms with Gasteiger partial charge in [0.05, 0.1) is 34.8 Å². The highest BCUT2D eigenvalue weighted by Gasteiger charge is 2.42. The first-order valence-corrected chi connectivity index (χ1v) is 13.9. The Morgan fingerprint density at radius 2 is 1.88 bits per heavy atom. The molecule has 2 aliphatic heterocycles. The summed E-state index contributed by atoms with van der Waals surface area (Å²) >= 11 is 0. The smallest absolute Gasteiger partial charge is 0.340 e. The van der Waals surface area contributed by atoms with Gasteiger partial charge in [-0.15, -0.1) is 0 Å². The zero-order valence-electron chi connectivity index (χ0n) is 23.0. The highest BCUT2D eigenvalue weighted by Crippen LogP contribution is 2.46. The van der Waals surface area contributed by atoms with Crippen LogP contribution in [-0.4, -0.2) is 68.8 Å². The summed E-state index contributed by atoms with van der Waals surface area (Å²) in [6.45, 7) is 3.90. The van der Waals surface area contributed by atoms with Crippen molar-refractivity contribution in [1.82, 2.24) is 18.8 Å². The van der Waals surface area contributed by atoms with E-state index < -0.39 is 17.4 Å². The molecule has 0 bridgehead atoms. The number of pyridine rings is 1. The molecular weight excluding hydrogens is 535 g/mol. The molecule has 0 N–H and O–H groups in total. The molecule has 1 amide bonds. The second kappa shape index (κ2) is 10.6. The van der Waals surface area contributed by atoms with E-state index in [1.807, 2.05) is 34.7 Å². The van der Waals surface area contributed by atoms with Gasteiger partial charge in [0.15, 0.2) is 0 Å². The molecule has 2 fully saturated rings. The normalized spacial score (nSPS) is 19.5. The van der Waals surface area contributed by atoms with Gasteiger partial charge in [-0.1, -0.05) is 18.6 Å². The number of carbonyl (C=O) groups excluding carboxylic acids is 1. The van der Waals surface area contributed by atoms with Crippen LogP contribution in [0, 0.1) is 12.1 Å². The summed E-state index contributed by atoms with van der Waals surface area (Å²) in [7, 11) is 1.90. The predicted molar refractivity (Wildman–Crippen MR) is 146 cm³/mol. The third-order valence-corrected chi connectivity index (χ3v) is 8.51. The van der Waals surface area contributed by atoms with Gasteiger partial charge in [-0.05, 0) is 53.2 Å². The Bertz CT molecular complexity index is 1590. The van der Waals surface area contributed by atoms with Crippen LogP contribution in [0.1, 0.15) is 48.8 Å². The molecule has 0 unspecified atom stereocenters. The monoisotopic (exact) mass is 567 g/mol. The molecule has 3 aliphatic rings. The molecule has 0 spiro atoms. The van der Waals surface area contributed by atoms with Crippen molar-refractivity contribution in [2.24, 2.45) is 16.1 Å². The summed E-state index contributed by atoms with van der Waals surface area (Å²) in [5, 5.41) is 8.40. The first-order chi connectivity index (χ1) is 19.6. The van der Waals surface area contributed by atoms with Crippen LogP contribution in [0.4, 0.5) is 13.2 Å². The molecule has 1 radical (unpaired) electrons. The van der Waals surface area contributed by atoms with Crippen molar-refractivity contribution in [3.05, 3.63) is 76.1 Å². The highest BCUT2D eigenvalue weighted by atomic mass is 19.4. The topological polar surface area (TPSA) is 77.7 Å². The Kier molecular flexibility index (Phi) is 7.04. The number of likely N-dealkylation sites (N-methyl/N-ethyl adjacent to an activating group) is 1. The van der Waals surface area contributed by atoms with Crippen molar-refractivity contribution in [3.63, 3.8) is 0 Å². The third-order valence-electron chi connectivity index (χ3n) is 8.51. The average molecular weight is 568 g/mol. The first kappa shape index (κ1) is 27.4. The van der Waals surface area contributed by atoms with E-state index in [9.17, 15) is 22.8 Å². The van der Waals surface area contributed by atoms with Crippen molar-refractivity contribution < 1.29 is 22.5 Å². The molecule has 1 saturated carbocycles. The third kappa shape index (κ3) is 5.20. The summed E-state index contributed by atoms with van der Waals surface area (Å²) in [6, 6.07) is 8.56. The molecule has 1 atom stereocenters. The molecule has 3 aromatic rings. The maximum absolute atomic E-state index is 14.3. The van der Waals surface area contributed by atoms with Gasteiger partial charge in [-0.25, -0.2) is 9.37 Å². The van der Waals surface area contributed by atoms with Crippen LogP contribution >= 0.6 is 0 Å². The van der Waals surface area contributed by atoms with Crippen LogP contribution < -0.4 is 5.69 Å². The second-order valence-corrected chi connectivity index (χ2v) is 11.1. The quantitative estimate of drug-likeness (QED) is 0.417. The average Bonchev–Trinajstić information content (AvgIpc) is 3.48. The molecule has 1 saturated heterocycles. The standard InChI is InChI=1S/C29H32F3N7O2/c1-19(40)37-11-9-36(10-12-37)15-20-13-24(29(30,31)32)25-17-38(28(41)39(25)16-20)23-8-4-7-22(14-23)26(21-5-3-6-21)27-34-33-18-35(27)2/h4,7-8,13-14,16-18,21,26H,3,5-6,9-12,15H2,1-2H3/q+1/t26-/m1/s1. The van der Waals surface area contributed by atoms with E-state index >= 15 is 0 Å². The predicted octanol–water partition coefficient (Wildman–Crippen LogP) is 4.28. The van der Waals surface area contributed by atoms with Crippen LogP contribution in [0.5, 0.6) is 0 Å². The number of carbonyl (C=O) groups is 1. The van der Waals surface area contributed by atoms with Gasteiger partial charge in [0.25, 0.3) is 0 Å². The van der Waals surface area contributed by atoms with E-state index in [0.717, 1.165) is 41.5 Å². The number of alkyl halides is 3. The van der Waals surface area contributed by atoms with Gasteiger partial charge in [-0.3, -0.25) is 18.7 Å². The van der Waals surface area contributed by atoms with E-state index in [4.69, 9.17) is 0 Å². The van der Waals surface area contributed by atoms with E-state index in [-0.39, 0.29) is 23.9 Å². The van der Waals surface area contributed by atoms with Gasteiger partial charge in [0.1, 0.15) is 0 Å². The van der Waals surface area contributed by atoms with Gasteiger partial charge < -0.3 is 4.90 Å². The number of benzene rings is 1. The van der Waals surface area contributed by atoms with Crippen LogP contribution in [0.3, 0.4) is 0 Å².